The second-order valence-electron chi connectivity index (χ2n) is 5.07. The number of benzene rings is 1. The van der Waals surface area contributed by atoms with E-state index in [4.69, 9.17) is 4.42 Å². The highest BCUT2D eigenvalue weighted by Crippen LogP contribution is 2.29. The summed E-state index contributed by atoms with van der Waals surface area (Å²) in [7, 11) is 0. The molecule has 118 valence electrons. The highest BCUT2D eigenvalue weighted by Gasteiger charge is 2.12. The quantitative estimate of drug-likeness (QED) is 0.345. The van der Waals surface area contributed by atoms with Gasteiger partial charge in [0, 0.05) is 35.4 Å². The van der Waals surface area contributed by atoms with E-state index in [-0.39, 0.29) is 5.75 Å². The van der Waals surface area contributed by atoms with Crippen molar-refractivity contribution < 1.29 is 14.3 Å². The molecule has 0 radical (unpaired) electrons. The van der Waals surface area contributed by atoms with Gasteiger partial charge in [-0.3, -0.25) is 0 Å². The summed E-state index contributed by atoms with van der Waals surface area (Å²) in [6.07, 6.45) is 2.11. The molecule has 3 aromatic rings. The maximum absolute atomic E-state index is 11.7. The van der Waals surface area contributed by atoms with Crippen molar-refractivity contribution in [3.8, 4) is 5.75 Å². The van der Waals surface area contributed by atoms with Crippen molar-refractivity contribution in [1.82, 2.24) is 0 Å². The van der Waals surface area contributed by atoms with E-state index < -0.39 is 5.63 Å². The average Bonchev–Trinajstić information content (AvgIpc) is 2.53. The monoisotopic (exact) mass is 329 g/mol. The highest BCUT2D eigenvalue weighted by molar-refractivity contribution is 7.98. The van der Waals surface area contributed by atoms with E-state index in [1.807, 2.05) is 13.0 Å². The molecule has 0 spiro atoms. The molecule has 1 aromatic carbocycles. The lowest BCUT2D eigenvalue weighted by Crippen LogP contribution is -2.27. The molecule has 0 saturated heterocycles. The Morgan fingerprint density at radius 1 is 1.26 bits per heavy atom. The van der Waals surface area contributed by atoms with Crippen LogP contribution in [0, 0.1) is 5.21 Å². The largest absolute Gasteiger partial charge is 0.618 e. The summed E-state index contributed by atoms with van der Waals surface area (Å²) in [5, 5.41) is 23.0. The number of phenols is 1. The van der Waals surface area contributed by atoms with Gasteiger partial charge in [-0.05, 0) is 29.7 Å². The zero-order valence-corrected chi connectivity index (χ0v) is 13.3. The van der Waals surface area contributed by atoms with Gasteiger partial charge in [-0.15, -0.1) is 0 Å². The molecule has 5 nitrogen and oxygen atoms in total. The fourth-order valence-electron chi connectivity index (χ4n) is 2.39. The normalized spacial score (nSPS) is 11.0. The smallest absolute Gasteiger partial charge is 0.336 e. The molecule has 0 saturated carbocycles. The Bertz CT molecular complexity index is 920. The maximum atomic E-state index is 11.7. The maximum Gasteiger partial charge on any atom is 0.336 e. The van der Waals surface area contributed by atoms with Gasteiger partial charge in [-0.2, -0.15) is 4.73 Å². The van der Waals surface area contributed by atoms with Gasteiger partial charge in [0.2, 0.25) is 0 Å². The first-order chi connectivity index (χ1) is 11.1. The Labute approximate surface area is 136 Å². The van der Waals surface area contributed by atoms with E-state index in [9.17, 15) is 15.1 Å². The minimum absolute atomic E-state index is 0.119. The van der Waals surface area contributed by atoms with E-state index >= 15 is 0 Å². The molecule has 0 unspecified atom stereocenters. The molecule has 0 amide bonds. The van der Waals surface area contributed by atoms with Crippen LogP contribution >= 0.6 is 11.8 Å². The third-order valence-corrected chi connectivity index (χ3v) is 4.64. The Balaban J connectivity index is 2.02. The predicted octanol–water partition coefficient (Wildman–Crippen LogP) is 2.99. The van der Waals surface area contributed by atoms with Crippen molar-refractivity contribution in [2.75, 3.05) is 0 Å². The third-order valence-electron chi connectivity index (χ3n) is 3.57. The highest BCUT2D eigenvalue weighted by atomic mass is 32.2. The molecule has 6 heteroatoms. The van der Waals surface area contributed by atoms with Crippen LogP contribution in [0.4, 0.5) is 0 Å². The van der Waals surface area contributed by atoms with Crippen molar-refractivity contribution in [1.29, 1.82) is 0 Å². The first-order valence-corrected chi connectivity index (χ1v) is 8.16. The summed E-state index contributed by atoms with van der Waals surface area (Å²) in [4.78, 5) is 11.7. The van der Waals surface area contributed by atoms with Gasteiger partial charge >= 0.3 is 5.63 Å². The van der Waals surface area contributed by atoms with E-state index in [0.29, 0.717) is 22.8 Å². The lowest BCUT2D eigenvalue weighted by Gasteiger charge is -2.08. The Morgan fingerprint density at radius 2 is 2.09 bits per heavy atom. The Kier molecular flexibility index (Phi) is 4.25. The molecule has 0 aliphatic rings. The minimum Gasteiger partial charge on any atom is -0.618 e. The van der Waals surface area contributed by atoms with Gasteiger partial charge < -0.3 is 14.7 Å². The first-order valence-electron chi connectivity index (χ1n) is 7.18. The molecule has 3 rings (SSSR count). The van der Waals surface area contributed by atoms with E-state index in [0.717, 1.165) is 21.2 Å². The van der Waals surface area contributed by atoms with Crippen LogP contribution in [-0.2, 0) is 12.2 Å². The summed E-state index contributed by atoms with van der Waals surface area (Å²) >= 11 is 1.35. The molecule has 2 heterocycles. The van der Waals surface area contributed by atoms with E-state index in [1.165, 1.54) is 30.1 Å². The van der Waals surface area contributed by atoms with Crippen molar-refractivity contribution in [3.63, 3.8) is 0 Å². The van der Waals surface area contributed by atoms with Crippen LogP contribution in [0.1, 0.15) is 18.1 Å². The number of nitrogens with zero attached hydrogens (tertiary/aromatic N) is 1. The van der Waals surface area contributed by atoms with Gasteiger partial charge in [0.15, 0.2) is 6.20 Å². The van der Waals surface area contributed by atoms with Crippen molar-refractivity contribution in [2.45, 2.75) is 24.1 Å². The zero-order chi connectivity index (χ0) is 16.4. The number of hydrogen-bond acceptors (Lipinski definition) is 5. The second-order valence-corrected chi connectivity index (χ2v) is 6.07. The molecule has 0 aliphatic carbocycles. The van der Waals surface area contributed by atoms with Crippen molar-refractivity contribution >= 4 is 22.7 Å². The summed E-state index contributed by atoms with van der Waals surface area (Å²) in [6, 6.07) is 9.93. The standard InChI is InChI=1S/C17H15NO4S/c1-2-11-7-13-12(8-17(20)22-15(13)9-14(11)19)10-23-16-5-3-4-6-18(16)21/h3-9,19H,2,10H2,1H3. The average molecular weight is 329 g/mol. The van der Waals surface area contributed by atoms with Crippen molar-refractivity contribution in [3.05, 3.63) is 69.3 Å². The Hall–Kier alpha value is -2.47. The number of phenolic OH excluding ortho intramolecular Hbond substituents is 1. The Morgan fingerprint density at radius 3 is 2.83 bits per heavy atom. The number of aryl methyl sites for hydroxylation is 1. The lowest BCUT2D eigenvalue weighted by atomic mass is 10.1. The number of pyridine rings is 1. The molecular weight excluding hydrogens is 314 g/mol. The lowest BCUT2D eigenvalue weighted by molar-refractivity contribution is -0.645. The molecule has 1 N–H and O–H groups in total. The van der Waals surface area contributed by atoms with Crippen LogP contribution in [0.25, 0.3) is 11.0 Å². The molecule has 0 atom stereocenters. The molecule has 23 heavy (non-hydrogen) atoms. The third kappa shape index (κ3) is 3.17. The summed E-state index contributed by atoms with van der Waals surface area (Å²) in [5.74, 6) is 0.579. The predicted molar refractivity (Wildman–Crippen MR) is 88.5 cm³/mol. The fourth-order valence-corrected chi connectivity index (χ4v) is 3.29. The zero-order valence-electron chi connectivity index (χ0n) is 12.5. The van der Waals surface area contributed by atoms with Crippen LogP contribution in [0.15, 0.2) is 56.8 Å². The molecule has 0 bridgehead atoms. The minimum atomic E-state index is -0.472. The number of fused-ring (bicyclic) bond motifs is 1. The van der Waals surface area contributed by atoms with Gasteiger partial charge in [-0.1, -0.05) is 18.7 Å². The van der Waals surface area contributed by atoms with Crippen LogP contribution in [0.2, 0.25) is 0 Å². The number of aromatic hydroxyl groups is 1. The second kappa shape index (κ2) is 6.34. The first kappa shape index (κ1) is 15.4. The SMILES string of the molecule is CCc1cc2c(CSc3cccc[n+]3[O-])cc(=O)oc2cc1O. The van der Waals surface area contributed by atoms with E-state index in [2.05, 4.69) is 0 Å². The summed E-state index contributed by atoms with van der Waals surface area (Å²) in [5.41, 5.74) is 1.45. The van der Waals surface area contributed by atoms with Gasteiger partial charge in [0.25, 0.3) is 5.03 Å². The van der Waals surface area contributed by atoms with Gasteiger partial charge in [0.05, 0.1) is 0 Å². The van der Waals surface area contributed by atoms with Gasteiger partial charge in [0.1, 0.15) is 11.3 Å². The van der Waals surface area contributed by atoms with Crippen LogP contribution in [0.5, 0.6) is 5.75 Å². The summed E-state index contributed by atoms with van der Waals surface area (Å²) < 4.78 is 5.96. The number of thioether (sulfide) groups is 1. The molecular formula is C17H15NO4S. The summed E-state index contributed by atoms with van der Waals surface area (Å²) in [6.45, 7) is 1.94. The van der Waals surface area contributed by atoms with Crippen LogP contribution < -0.4 is 10.4 Å². The number of hydrogen-bond donors (Lipinski definition) is 1. The molecule has 0 fully saturated rings. The van der Waals surface area contributed by atoms with Crippen LogP contribution in [0.3, 0.4) is 0 Å². The topological polar surface area (TPSA) is 77.4 Å². The van der Waals surface area contributed by atoms with Crippen LogP contribution in [-0.4, -0.2) is 5.11 Å². The molecule has 0 aliphatic heterocycles. The van der Waals surface area contributed by atoms with Crippen molar-refractivity contribution in [2.24, 2.45) is 0 Å². The molecule has 2 aromatic heterocycles. The van der Waals surface area contributed by atoms with E-state index in [1.54, 1.807) is 18.2 Å². The number of rotatable bonds is 4. The fraction of sp³-hybridized carbons (Fsp3) is 0.176. The van der Waals surface area contributed by atoms with Gasteiger partial charge in [-0.25, -0.2) is 4.79 Å². The number of aromatic nitrogens is 1.